The summed E-state index contributed by atoms with van der Waals surface area (Å²) in [6.07, 6.45) is -1.57. The van der Waals surface area contributed by atoms with Crippen molar-refractivity contribution in [1.29, 1.82) is 0 Å². The number of methoxy groups -OCH3 is 1. The van der Waals surface area contributed by atoms with E-state index in [0.29, 0.717) is 17.5 Å². The molecule has 11 nitrogen and oxygen atoms in total. The van der Waals surface area contributed by atoms with Crippen LogP contribution in [-0.2, 0) is 16.0 Å². The number of halogens is 4. The highest BCUT2D eigenvalue weighted by molar-refractivity contribution is 6.01. The largest absolute Gasteiger partial charge is 0.410 e. The van der Waals surface area contributed by atoms with Gasteiger partial charge in [0.05, 0.1) is 19.2 Å². The molecule has 3 atom stereocenters. The number of amides is 4. The van der Waals surface area contributed by atoms with Gasteiger partial charge in [-0.2, -0.15) is 13.2 Å². The average molecular weight is 593 g/mol. The Kier molecular flexibility index (Phi) is 9.09. The summed E-state index contributed by atoms with van der Waals surface area (Å²) in [6.45, 7) is 2.52. The Balaban J connectivity index is 1.60. The number of aryl methyl sites for hydroxylation is 2. The number of alkyl halides is 3. The van der Waals surface area contributed by atoms with Gasteiger partial charge in [-0.3, -0.25) is 9.59 Å². The Bertz CT molecular complexity index is 1460. The maximum Gasteiger partial charge on any atom is 0.410 e. The van der Waals surface area contributed by atoms with Crippen LogP contribution in [0.3, 0.4) is 0 Å². The van der Waals surface area contributed by atoms with E-state index in [4.69, 9.17) is 9.26 Å². The highest BCUT2D eigenvalue weighted by Gasteiger charge is 2.48. The van der Waals surface area contributed by atoms with E-state index in [1.807, 2.05) is 5.32 Å². The lowest BCUT2D eigenvalue weighted by Crippen LogP contribution is -2.40. The van der Waals surface area contributed by atoms with Crippen LogP contribution in [0.5, 0.6) is 0 Å². The van der Waals surface area contributed by atoms with E-state index in [9.17, 15) is 31.9 Å². The van der Waals surface area contributed by atoms with Crippen LogP contribution in [0.25, 0.3) is 0 Å². The van der Waals surface area contributed by atoms with Crippen LogP contribution in [0, 0.1) is 12.7 Å². The molecule has 0 aliphatic carbocycles. The normalized spacial score (nSPS) is 16.6. The topological polar surface area (TPSA) is 139 Å². The third kappa shape index (κ3) is 6.67. The fourth-order valence-electron chi connectivity index (χ4n) is 4.50. The highest BCUT2D eigenvalue weighted by Crippen LogP contribution is 2.31. The van der Waals surface area contributed by atoms with Crippen LogP contribution < -0.4 is 16.0 Å². The Morgan fingerprint density at radius 2 is 2.00 bits per heavy atom. The van der Waals surface area contributed by atoms with Gasteiger partial charge in [0.2, 0.25) is 0 Å². The van der Waals surface area contributed by atoms with E-state index in [1.54, 1.807) is 6.92 Å². The minimum Gasteiger partial charge on any atom is -0.382 e. The van der Waals surface area contributed by atoms with E-state index in [2.05, 4.69) is 20.8 Å². The second kappa shape index (κ2) is 12.5. The number of hydrogen-bond donors (Lipinski definition) is 3. The van der Waals surface area contributed by atoms with Gasteiger partial charge in [0.1, 0.15) is 30.0 Å². The number of carbonyl (C=O) groups is 3. The maximum atomic E-state index is 14.0. The number of aromatic nitrogens is 2. The molecule has 3 heterocycles. The average Bonchev–Trinajstić information content (AvgIpc) is 3.58. The summed E-state index contributed by atoms with van der Waals surface area (Å²) in [6, 6.07) is 1.55. The SMILES string of the molecule is CCc1conc1C(=O)N[C@H](C(=O)Nc1cc([C@@H](COC)N2C[C@@H](C(F)(F)F)NC2=O)ccn1)c1ccc(F)c(C)c1. The number of hydrogen-bond acceptors (Lipinski definition) is 7. The summed E-state index contributed by atoms with van der Waals surface area (Å²) in [5, 5.41) is 10.8. The summed E-state index contributed by atoms with van der Waals surface area (Å²) >= 11 is 0. The molecule has 1 saturated heterocycles. The lowest BCUT2D eigenvalue weighted by atomic mass is 10.0. The summed E-state index contributed by atoms with van der Waals surface area (Å²) in [4.78, 5) is 44.1. The van der Waals surface area contributed by atoms with Crippen molar-refractivity contribution in [3.8, 4) is 0 Å². The van der Waals surface area contributed by atoms with Crippen molar-refractivity contribution in [2.45, 2.75) is 44.6 Å². The van der Waals surface area contributed by atoms with E-state index in [0.717, 1.165) is 11.0 Å². The highest BCUT2D eigenvalue weighted by atomic mass is 19.4. The summed E-state index contributed by atoms with van der Waals surface area (Å²) in [5.41, 5.74) is 1.34. The third-order valence-corrected chi connectivity index (χ3v) is 6.75. The predicted octanol–water partition coefficient (Wildman–Crippen LogP) is 3.83. The number of pyridine rings is 1. The molecule has 2 aromatic heterocycles. The number of nitrogens with one attached hydrogen (secondary N) is 3. The number of carbonyl (C=O) groups excluding carboxylic acids is 3. The molecular weight excluding hydrogens is 564 g/mol. The van der Waals surface area contributed by atoms with Gasteiger partial charge in [0, 0.05) is 18.9 Å². The second-order valence-corrected chi connectivity index (χ2v) is 9.59. The first kappa shape index (κ1) is 30.4. The Hall–Kier alpha value is -4.53. The molecule has 0 spiro atoms. The number of urea groups is 1. The molecule has 1 fully saturated rings. The maximum absolute atomic E-state index is 14.0. The zero-order valence-electron chi connectivity index (χ0n) is 22.8. The van der Waals surface area contributed by atoms with Crippen molar-refractivity contribution < 1.29 is 41.2 Å². The van der Waals surface area contributed by atoms with Gasteiger partial charge < -0.3 is 30.1 Å². The first-order valence-electron chi connectivity index (χ1n) is 12.8. The summed E-state index contributed by atoms with van der Waals surface area (Å²) in [7, 11) is 1.34. The van der Waals surface area contributed by atoms with Gasteiger partial charge in [-0.1, -0.05) is 24.2 Å². The van der Waals surface area contributed by atoms with Crippen LogP contribution in [-0.4, -0.2) is 65.4 Å². The van der Waals surface area contributed by atoms with Gasteiger partial charge in [-0.25, -0.2) is 14.2 Å². The second-order valence-electron chi connectivity index (χ2n) is 9.59. The zero-order valence-corrected chi connectivity index (χ0v) is 22.8. The van der Waals surface area contributed by atoms with Crippen molar-refractivity contribution in [2.75, 3.05) is 25.6 Å². The minimum atomic E-state index is -4.64. The van der Waals surface area contributed by atoms with Crippen molar-refractivity contribution >= 4 is 23.7 Å². The van der Waals surface area contributed by atoms with Crippen LogP contribution in [0.15, 0.2) is 47.3 Å². The van der Waals surface area contributed by atoms with Gasteiger partial charge in [0.15, 0.2) is 5.69 Å². The molecule has 3 N–H and O–H groups in total. The smallest absolute Gasteiger partial charge is 0.382 e. The molecule has 0 radical (unpaired) electrons. The number of rotatable bonds is 10. The molecule has 4 rings (SSSR count). The van der Waals surface area contributed by atoms with Crippen LogP contribution in [0.1, 0.15) is 51.7 Å². The minimum absolute atomic E-state index is 0.0145. The molecule has 1 aliphatic heterocycles. The predicted molar refractivity (Wildman–Crippen MR) is 140 cm³/mol. The molecule has 15 heteroatoms. The monoisotopic (exact) mass is 592 g/mol. The van der Waals surface area contributed by atoms with Crippen molar-refractivity contribution in [1.82, 2.24) is 25.7 Å². The molecule has 42 heavy (non-hydrogen) atoms. The first-order valence-corrected chi connectivity index (χ1v) is 12.8. The number of benzene rings is 1. The van der Waals surface area contributed by atoms with E-state index < -0.39 is 54.5 Å². The summed E-state index contributed by atoms with van der Waals surface area (Å²) in [5.74, 6) is -1.98. The van der Waals surface area contributed by atoms with Crippen LogP contribution in [0.2, 0.25) is 0 Å². The van der Waals surface area contributed by atoms with Crippen molar-refractivity contribution in [2.24, 2.45) is 0 Å². The first-order chi connectivity index (χ1) is 19.9. The quantitative estimate of drug-likeness (QED) is 0.304. The molecule has 0 saturated carbocycles. The molecule has 3 aromatic rings. The molecule has 4 amide bonds. The Morgan fingerprint density at radius 1 is 1.24 bits per heavy atom. The molecule has 224 valence electrons. The number of anilines is 1. The van der Waals surface area contributed by atoms with Crippen LogP contribution >= 0.6 is 0 Å². The third-order valence-electron chi connectivity index (χ3n) is 6.75. The summed E-state index contributed by atoms with van der Waals surface area (Å²) < 4.78 is 63.8. The molecule has 1 aromatic carbocycles. The molecular formula is C27H28F4N6O5. The van der Waals surface area contributed by atoms with Crippen molar-refractivity contribution in [3.63, 3.8) is 0 Å². The standard InChI is InChI=1S/C27H28F4N6O5/c1-4-15-12-42-36-23(15)25(39)35-22(17-5-6-18(28)14(2)9-17)24(38)34-21-10-16(7-8-32-21)19(13-41-3)37-11-20(27(29,30)31)33-26(37)40/h5-10,12,19-20,22H,4,11,13H2,1-3H3,(H,33,40)(H,35,39)(H,32,34,38)/t19-,20+,22+/m1/s1. The van der Waals surface area contributed by atoms with Gasteiger partial charge in [0.25, 0.3) is 11.8 Å². The fraction of sp³-hybridized carbons (Fsp3) is 0.370. The van der Waals surface area contributed by atoms with Gasteiger partial charge >= 0.3 is 12.2 Å². The number of nitrogens with zero attached hydrogens (tertiary/aromatic N) is 3. The van der Waals surface area contributed by atoms with Gasteiger partial charge in [-0.15, -0.1) is 0 Å². The molecule has 1 aliphatic rings. The zero-order chi connectivity index (χ0) is 30.6. The van der Waals surface area contributed by atoms with Gasteiger partial charge in [-0.05, 0) is 48.2 Å². The fourth-order valence-corrected chi connectivity index (χ4v) is 4.50. The molecule has 0 unspecified atom stereocenters. The van der Waals surface area contributed by atoms with Crippen LogP contribution in [0.4, 0.5) is 28.2 Å². The Labute approximate surface area is 237 Å². The number of ether oxygens (including phenoxy) is 1. The lowest BCUT2D eigenvalue weighted by molar-refractivity contribution is -0.150. The van der Waals surface area contributed by atoms with E-state index in [1.165, 1.54) is 50.8 Å². The Morgan fingerprint density at radius 3 is 2.64 bits per heavy atom. The van der Waals surface area contributed by atoms with E-state index in [-0.39, 0.29) is 29.2 Å². The van der Waals surface area contributed by atoms with Crippen molar-refractivity contribution in [3.05, 3.63) is 76.6 Å². The molecule has 0 bridgehead atoms. The lowest BCUT2D eigenvalue weighted by Gasteiger charge is -2.27. The van der Waals surface area contributed by atoms with E-state index >= 15 is 0 Å².